The molecule has 0 aromatic heterocycles. The largest absolute Gasteiger partial charge is 0.466 e. The van der Waals surface area contributed by atoms with E-state index in [1.165, 1.54) is 0 Å². The Morgan fingerprint density at radius 1 is 1.20 bits per heavy atom. The molecular formula is C12H13F3N2O3. The maximum absolute atomic E-state index is 13.2. The number of rotatable bonds is 5. The first-order valence-electron chi connectivity index (χ1n) is 5.79. The summed E-state index contributed by atoms with van der Waals surface area (Å²) in [5, 5.41) is 4.25. The van der Waals surface area contributed by atoms with Crippen molar-refractivity contribution < 1.29 is 27.5 Å². The van der Waals surface area contributed by atoms with Crippen molar-refractivity contribution in [2.45, 2.75) is 13.3 Å². The Morgan fingerprint density at radius 2 is 1.90 bits per heavy atom. The van der Waals surface area contributed by atoms with Crippen molar-refractivity contribution in [2.75, 3.05) is 18.5 Å². The third-order valence-corrected chi connectivity index (χ3v) is 2.20. The highest BCUT2D eigenvalue weighted by Crippen LogP contribution is 2.19. The number of hydrogen-bond donors (Lipinski definition) is 2. The molecule has 0 bridgehead atoms. The average Bonchev–Trinajstić information content (AvgIpc) is 2.40. The quantitative estimate of drug-likeness (QED) is 0.645. The number of benzene rings is 1. The Bertz CT molecular complexity index is 509. The van der Waals surface area contributed by atoms with E-state index in [1.54, 1.807) is 6.92 Å². The van der Waals surface area contributed by atoms with E-state index in [4.69, 9.17) is 0 Å². The summed E-state index contributed by atoms with van der Waals surface area (Å²) in [6.07, 6.45) is -0.0540. The van der Waals surface area contributed by atoms with E-state index < -0.39 is 35.1 Å². The zero-order valence-corrected chi connectivity index (χ0v) is 10.6. The highest BCUT2D eigenvalue weighted by molar-refractivity contribution is 5.89. The Balaban J connectivity index is 2.47. The number of esters is 1. The lowest BCUT2D eigenvalue weighted by atomic mass is 10.3. The summed E-state index contributed by atoms with van der Waals surface area (Å²) < 4.78 is 43.4. The van der Waals surface area contributed by atoms with Crippen LogP contribution in [0.4, 0.5) is 23.7 Å². The fourth-order valence-electron chi connectivity index (χ4n) is 1.30. The lowest BCUT2D eigenvalue weighted by Crippen LogP contribution is -2.31. The smallest absolute Gasteiger partial charge is 0.319 e. The van der Waals surface area contributed by atoms with Gasteiger partial charge in [0.1, 0.15) is 0 Å². The van der Waals surface area contributed by atoms with Crippen LogP contribution >= 0.6 is 0 Å². The molecule has 0 unspecified atom stereocenters. The third kappa shape index (κ3) is 4.45. The number of hydrogen-bond acceptors (Lipinski definition) is 3. The van der Waals surface area contributed by atoms with Gasteiger partial charge < -0.3 is 15.4 Å². The molecule has 0 saturated heterocycles. The van der Waals surface area contributed by atoms with Crippen LogP contribution in [-0.2, 0) is 9.53 Å². The number of amides is 2. The molecule has 5 nitrogen and oxygen atoms in total. The number of nitrogens with one attached hydrogen (secondary N) is 2. The van der Waals surface area contributed by atoms with E-state index >= 15 is 0 Å². The van der Waals surface area contributed by atoms with Gasteiger partial charge in [-0.05, 0) is 19.1 Å². The summed E-state index contributed by atoms with van der Waals surface area (Å²) in [5.41, 5.74) is -0.502. The van der Waals surface area contributed by atoms with Crippen LogP contribution in [0.2, 0.25) is 0 Å². The first-order chi connectivity index (χ1) is 9.45. The van der Waals surface area contributed by atoms with Crippen LogP contribution in [0.25, 0.3) is 0 Å². The van der Waals surface area contributed by atoms with Crippen molar-refractivity contribution in [3.8, 4) is 0 Å². The summed E-state index contributed by atoms with van der Waals surface area (Å²) in [4.78, 5) is 22.3. The normalized spacial score (nSPS) is 10.0. The molecule has 0 fully saturated rings. The van der Waals surface area contributed by atoms with Gasteiger partial charge >= 0.3 is 12.0 Å². The molecule has 2 amide bonds. The van der Waals surface area contributed by atoms with Gasteiger partial charge in [0.05, 0.1) is 18.7 Å². The third-order valence-electron chi connectivity index (χ3n) is 2.20. The van der Waals surface area contributed by atoms with Crippen LogP contribution in [-0.4, -0.2) is 25.2 Å². The van der Waals surface area contributed by atoms with Crippen LogP contribution in [0.5, 0.6) is 0 Å². The number of anilines is 1. The first-order valence-corrected chi connectivity index (χ1v) is 5.79. The van der Waals surface area contributed by atoms with E-state index in [1.807, 2.05) is 5.32 Å². The van der Waals surface area contributed by atoms with Crippen LogP contribution in [0.3, 0.4) is 0 Å². The Labute approximate surface area is 113 Å². The van der Waals surface area contributed by atoms with Crippen molar-refractivity contribution in [3.05, 3.63) is 29.6 Å². The van der Waals surface area contributed by atoms with Gasteiger partial charge in [-0.2, -0.15) is 0 Å². The standard InChI is InChI=1S/C12H13F3N2O3/c1-2-20-9(18)5-6-16-12(19)17-8-4-3-7(13)10(14)11(8)15/h3-4H,2,5-6H2,1H3,(H2,16,17,19). The lowest BCUT2D eigenvalue weighted by Gasteiger charge is -2.08. The summed E-state index contributed by atoms with van der Waals surface area (Å²) in [6.45, 7) is 1.84. The lowest BCUT2D eigenvalue weighted by molar-refractivity contribution is -0.142. The van der Waals surface area contributed by atoms with E-state index in [0.29, 0.717) is 6.07 Å². The van der Waals surface area contributed by atoms with Crippen LogP contribution in [0.1, 0.15) is 13.3 Å². The fourth-order valence-corrected chi connectivity index (χ4v) is 1.30. The molecule has 0 atom stereocenters. The molecule has 110 valence electrons. The van der Waals surface area contributed by atoms with E-state index in [0.717, 1.165) is 6.07 Å². The Hall–Kier alpha value is -2.25. The summed E-state index contributed by atoms with van der Waals surface area (Å²) in [5.74, 6) is -5.01. The van der Waals surface area contributed by atoms with Gasteiger partial charge in [0.2, 0.25) is 0 Å². The van der Waals surface area contributed by atoms with Crippen LogP contribution in [0, 0.1) is 17.5 Å². The molecular weight excluding hydrogens is 277 g/mol. The number of ether oxygens (including phenoxy) is 1. The molecule has 20 heavy (non-hydrogen) atoms. The van der Waals surface area contributed by atoms with Crippen LogP contribution < -0.4 is 10.6 Å². The number of urea groups is 1. The van der Waals surface area contributed by atoms with E-state index in [9.17, 15) is 22.8 Å². The fraction of sp³-hybridized carbons (Fsp3) is 0.333. The summed E-state index contributed by atoms with van der Waals surface area (Å²) in [6, 6.07) is 0.727. The van der Waals surface area contributed by atoms with Crippen molar-refractivity contribution >= 4 is 17.7 Å². The topological polar surface area (TPSA) is 67.4 Å². The van der Waals surface area contributed by atoms with Crippen molar-refractivity contribution in [1.29, 1.82) is 0 Å². The molecule has 2 N–H and O–H groups in total. The maximum Gasteiger partial charge on any atom is 0.319 e. The minimum Gasteiger partial charge on any atom is -0.466 e. The maximum atomic E-state index is 13.2. The Kier molecular flexibility index (Phi) is 5.82. The second-order valence-corrected chi connectivity index (χ2v) is 3.66. The molecule has 8 heteroatoms. The van der Waals surface area contributed by atoms with Gasteiger partial charge in [-0.3, -0.25) is 4.79 Å². The SMILES string of the molecule is CCOC(=O)CCNC(=O)Nc1ccc(F)c(F)c1F. The number of halogens is 3. The minimum atomic E-state index is -1.67. The highest BCUT2D eigenvalue weighted by Gasteiger charge is 2.15. The monoisotopic (exact) mass is 290 g/mol. The van der Waals surface area contributed by atoms with Crippen molar-refractivity contribution in [1.82, 2.24) is 5.32 Å². The average molecular weight is 290 g/mol. The van der Waals surface area contributed by atoms with Crippen LogP contribution in [0.15, 0.2) is 12.1 Å². The second-order valence-electron chi connectivity index (χ2n) is 3.66. The second kappa shape index (κ2) is 7.37. The molecule has 0 spiro atoms. The number of carbonyl (C=O) groups excluding carboxylic acids is 2. The van der Waals surface area contributed by atoms with Gasteiger partial charge in [0.15, 0.2) is 17.5 Å². The minimum absolute atomic E-state index is 0.0318. The molecule has 0 saturated carbocycles. The van der Waals surface area contributed by atoms with Gasteiger partial charge in [-0.15, -0.1) is 0 Å². The number of carbonyl (C=O) groups is 2. The van der Waals surface area contributed by atoms with E-state index in [2.05, 4.69) is 10.1 Å². The molecule has 0 aliphatic heterocycles. The summed E-state index contributed by atoms with van der Waals surface area (Å²) >= 11 is 0. The predicted molar refractivity (Wildman–Crippen MR) is 64.6 cm³/mol. The predicted octanol–water partition coefficient (Wildman–Crippen LogP) is 2.18. The van der Waals surface area contributed by atoms with Crippen molar-refractivity contribution in [2.24, 2.45) is 0 Å². The van der Waals surface area contributed by atoms with Gasteiger partial charge in [0, 0.05) is 6.54 Å². The summed E-state index contributed by atoms with van der Waals surface area (Å²) in [7, 11) is 0. The molecule has 1 aromatic rings. The zero-order valence-electron chi connectivity index (χ0n) is 10.6. The molecule has 0 radical (unpaired) electrons. The molecule has 0 heterocycles. The van der Waals surface area contributed by atoms with Crippen molar-refractivity contribution in [3.63, 3.8) is 0 Å². The molecule has 0 aliphatic carbocycles. The van der Waals surface area contributed by atoms with E-state index in [-0.39, 0.29) is 19.6 Å². The molecule has 1 aromatic carbocycles. The zero-order chi connectivity index (χ0) is 15.1. The van der Waals surface area contributed by atoms with Gasteiger partial charge in [-0.25, -0.2) is 18.0 Å². The van der Waals surface area contributed by atoms with Gasteiger partial charge in [-0.1, -0.05) is 0 Å². The first kappa shape index (κ1) is 15.8. The van der Waals surface area contributed by atoms with Gasteiger partial charge in [0.25, 0.3) is 0 Å². The molecule has 0 aliphatic rings. The molecule has 1 rings (SSSR count). The Morgan fingerprint density at radius 3 is 2.55 bits per heavy atom. The highest BCUT2D eigenvalue weighted by atomic mass is 19.2.